The Bertz CT molecular complexity index is 500. The number of hydrogen-bond acceptors (Lipinski definition) is 4. The second-order valence-corrected chi connectivity index (χ2v) is 3.80. The molecule has 0 bridgehead atoms. The molecule has 4 heteroatoms. The Kier molecular flexibility index (Phi) is 4.15. The van der Waals surface area contributed by atoms with Gasteiger partial charge >= 0.3 is 0 Å². The maximum atomic E-state index is 5.72. The summed E-state index contributed by atoms with van der Waals surface area (Å²) >= 11 is 0. The second-order valence-electron chi connectivity index (χ2n) is 3.80. The molecule has 4 nitrogen and oxygen atoms in total. The van der Waals surface area contributed by atoms with Gasteiger partial charge in [-0.15, -0.1) is 0 Å². The van der Waals surface area contributed by atoms with E-state index < -0.39 is 0 Å². The van der Waals surface area contributed by atoms with E-state index in [1.54, 1.807) is 6.20 Å². The van der Waals surface area contributed by atoms with Crippen LogP contribution in [0.1, 0.15) is 12.5 Å². The first kappa shape index (κ1) is 12.4. The zero-order valence-corrected chi connectivity index (χ0v) is 10.4. The molecule has 0 aliphatic heterocycles. The molecule has 0 aliphatic carbocycles. The first-order valence-corrected chi connectivity index (χ1v) is 5.97. The summed E-state index contributed by atoms with van der Waals surface area (Å²) in [6.45, 7) is 3.05. The van der Waals surface area contributed by atoms with Crippen molar-refractivity contribution < 1.29 is 4.74 Å². The zero-order chi connectivity index (χ0) is 12.8. The number of pyridine rings is 1. The summed E-state index contributed by atoms with van der Waals surface area (Å²) in [5.41, 5.74) is 7.66. The predicted molar refractivity (Wildman–Crippen MR) is 73.0 cm³/mol. The summed E-state index contributed by atoms with van der Waals surface area (Å²) in [4.78, 5) is 4.21. The van der Waals surface area contributed by atoms with E-state index in [9.17, 15) is 0 Å². The number of anilines is 2. The maximum Gasteiger partial charge on any atom is 0.130 e. The highest BCUT2D eigenvalue weighted by Crippen LogP contribution is 2.24. The van der Waals surface area contributed by atoms with Gasteiger partial charge in [0.05, 0.1) is 6.61 Å². The van der Waals surface area contributed by atoms with E-state index in [4.69, 9.17) is 10.5 Å². The first-order valence-electron chi connectivity index (χ1n) is 5.97. The molecule has 1 aromatic heterocycles. The van der Waals surface area contributed by atoms with Crippen LogP contribution >= 0.6 is 0 Å². The average Bonchev–Trinajstić information content (AvgIpc) is 2.42. The molecule has 2 aromatic rings. The fraction of sp³-hybridized carbons (Fsp3) is 0.214. The number of nitrogens with one attached hydrogen (secondary N) is 1. The van der Waals surface area contributed by atoms with Gasteiger partial charge in [-0.3, -0.25) is 0 Å². The number of nitrogens with two attached hydrogens (primary N) is 1. The third kappa shape index (κ3) is 2.99. The van der Waals surface area contributed by atoms with Gasteiger partial charge in [-0.25, -0.2) is 4.98 Å². The van der Waals surface area contributed by atoms with E-state index in [0.717, 1.165) is 22.8 Å². The van der Waals surface area contributed by atoms with E-state index in [-0.39, 0.29) is 0 Å². The van der Waals surface area contributed by atoms with Gasteiger partial charge in [0, 0.05) is 24.0 Å². The standard InChI is InChI=1S/C14H17N3O/c1-2-18-13-7-6-12(9-11(13)10-15)17-14-5-3-4-8-16-14/h3-9H,2,10,15H2,1H3,(H,16,17). The molecule has 0 saturated heterocycles. The van der Waals surface area contributed by atoms with Crippen molar-refractivity contribution in [3.8, 4) is 5.75 Å². The van der Waals surface area contributed by atoms with Crippen LogP contribution in [-0.2, 0) is 6.54 Å². The minimum Gasteiger partial charge on any atom is -0.494 e. The van der Waals surface area contributed by atoms with E-state index in [1.165, 1.54) is 0 Å². The Hall–Kier alpha value is -2.07. The van der Waals surface area contributed by atoms with Gasteiger partial charge in [-0.2, -0.15) is 0 Å². The SMILES string of the molecule is CCOc1ccc(Nc2ccccn2)cc1CN. The highest BCUT2D eigenvalue weighted by atomic mass is 16.5. The average molecular weight is 243 g/mol. The summed E-state index contributed by atoms with van der Waals surface area (Å²) in [6.07, 6.45) is 1.75. The first-order chi connectivity index (χ1) is 8.83. The van der Waals surface area contributed by atoms with Crippen LogP contribution in [0.5, 0.6) is 5.75 Å². The van der Waals surface area contributed by atoms with Gasteiger partial charge in [0.25, 0.3) is 0 Å². The molecule has 94 valence electrons. The van der Waals surface area contributed by atoms with Crippen molar-refractivity contribution in [3.05, 3.63) is 48.2 Å². The molecule has 1 heterocycles. The van der Waals surface area contributed by atoms with Gasteiger partial charge in [0.2, 0.25) is 0 Å². The lowest BCUT2D eigenvalue weighted by molar-refractivity contribution is 0.336. The number of benzene rings is 1. The zero-order valence-electron chi connectivity index (χ0n) is 10.4. The molecule has 2 rings (SSSR count). The summed E-state index contributed by atoms with van der Waals surface area (Å²) < 4.78 is 5.51. The number of aromatic nitrogens is 1. The summed E-state index contributed by atoms with van der Waals surface area (Å²) in [5, 5.41) is 3.23. The lowest BCUT2D eigenvalue weighted by Gasteiger charge is -2.11. The van der Waals surface area contributed by atoms with Gasteiger partial charge in [0.1, 0.15) is 11.6 Å². The van der Waals surface area contributed by atoms with Crippen LogP contribution < -0.4 is 15.8 Å². The van der Waals surface area contributed by atoms with E-state index in [1.807, 2.05) is 43.3 Å². The van der Waals surface area contributed by atoms with Gasteiger partial charge < -0.3 is 15.8 Å². The largest absolute Gasteiger partial charge is 0.494 e. The lowest BCUT2D eigenvalue weighted by Crippen LogP contribution is -2.03. The Balaban J connectivity index is 2.19. The summed E-state index contributed by atoms with van der Waals surface area (Å²) in [6, 6.07) is 11.6. The number of ether oxygens (including phenoxy) is 1. The molecule has 0 aliphatic rings. The minimum absolute atomic E-state index is 0.451. The summed E-state index contributed by atoms with van der Waals surface area (Å²) in [5.74, 6) is 1.65. The van der Waals surface area contributed by atoms with Crippen LogP contribution in [0.3, 0.4) is 0 Å². The van der Waals surface area contributed by atoms with Crippen LogP contribution in [0, 0.1) is 0 Å². The molecule has 0 saturated carbocycles. The topological polar surface area (TPSA) is 60.2 Å². The highest BCUT2D eigenvalue weighted by Gasteiger charge is 2.03. The van der Waals surface area contributed by atoms with Crippen molar-refractivity contribution in [2.24, 2.45) is 5.73 Å². The summed E-state index contributed by atoms with van der Waals surface area (Å²) in [7, 11) is 0. The maximum absolute atomic E-state index is 5.72. The van der Waals surface area contributed by atoms with Crippen LogP contribution in [0.15, 0.2) is 42.6 Å². The number of nitrogens with zero attached hydrogens (tertiary/aromatic N) is 1. The van der Waals surface area contributed by atoms with Crippen molar-refractivity contribution >= 4 is 11.5 Å². The van der Waals surface area contributed by atoms with Gasteiger partial charge in [-0.1, -0.05) is 6.07 Å². The third-order valence-electron chi connectivity index (χ3n) is 2.52. The molecule has 18 heavy (non-hydrogen) atoms. The Labute approximate surface area is 107 Å². The Morgan fingerprint density at radius 3 is 2.83 bits per heavy atom. The number of hydrogen-bond donors (Lipinski definition) is 2. The molecule has 0 fully saturated rings. The minimum atomic E-state index is 0.451. The van der Waals surface area contributed by atoms with E-state index in [2.05, 4.69) is 10.3 Å². The van der Waals surface area contributed by atoms with Gasteiger partial charge in [-0.05, 0) is 37.3 Å². The molecule has 0 radical (unpaired) electrons. The fourth-order valence-electron chi connectivity index (χ4n) is 1.70. The fourth-order valence-corrected chi connectivity index (χ4v) is 1.70. The van der Waals surface area contributed by atoms with E-state index >= 15 is 0 Å². The molecule has 0 unspecified atom stereocenters. The molecular formula is C14H17N3O. The van der Waals surface area contributed by atoms with Crippen LogP contribution in [-0.4, -0.2) is 11.6 Å². The van der Waals surface area contributed by atoms with Crippen molar-refractivity contribution in [1.29, 1.82) is 0 Å². The van der Waals surface area contributed by atoms with Crippen LogP contribution in [0.2, 0.25) is 0 Å². The molecule has 1 aromatic carbocycles. The molecule has 0 spiro atoms. The highest BCUT2D eigenvalue weighted by molar-refractivity contribution is 5.59. The van der Waals surface area contributed by atoms with Crippen molar-refractivity contribution in [2.45, 2.75) is 13.5 Å². The molecule has 0 amide bonds. The molecule has 3 N–H and O–H groups in total. The van der Waals surface area contributed by atoms with Crippen molar-refractivity contribution in [2.75, 3.05) is 11.9 Å². The van der Waals surface area contributed by atoms with Crippen LogP contribution in [0.4, 0.5) is 11.5 Å². The molecular weight excluding hydrogens is 226 g/mol. The predicted octanol–water partition coefficient (Wildman–Crippen LogP) is 2.68. The lowest BCUT2D eigenvalue weighted by atomic mass is 10.1. The monoisotopic (exact) mass is 243 g/mol. The quantitative estimate of drug-likeness (QED) is 0.847. The molecule has 0 atom stereocenters. The third-order valence-corrected chi connectivity index (χ3v) is 2.52. The van der Waals surface area contributed by atoms with Crippen molar-refractivity contribution in [1.82, 2.24) is 4.98 Å². The van der Waals surface area contributed by atoms with E-state index in [0.29, 0.717) is 13.2 Å². The van der Waals surface area contributed by atoms with Crippen molar-refractivity contribution in [3.63, 3.8) is 0 Å². The Morgan fingerprint density at radius 2 is 2.17 bits per heavy atom. The Morgan fingerprint density at radius 1 is 1.28 bits per heavy atom. The number of rotatable bonds is 5. The normalized spacial score (nSPS) is 10.1. The van der Waals surface area contributed by atoms with Crippen LogP contribution in [0.25, 0.3) is 0 Å². The second kappa shape index (κ2) is 6.02. The van der Waals surface area contributed by atoms with Gasteiger partial charge in [0.15, 0.2) is 0 Å². The smallest absolute Gasteiger partial charge is 0.130 e.